The molecule has 0 unspecified atom stereocenters. The molecule has 0 spiro atoms. The van der Waals surface area contributed by atoms with Crippen LogP contribution >= 0.6 is 0 Å². The SMILES string of the molecule is CCCCCCCC/C=C\CCCCCCCC(=O)[O-].CCCCCCCCCCCCCC(=O)[O-].[K+].[K+]. The molecule has 0 aliphatic rings. The van der Waals surface area contributed by atoms with Gasteiger partial charge in [0.25, 0.3) is 0 Å². The van der Waals surface area contributed by atoms with Gasteiger partial charge in [0.15, 0.2) is 0 Å². The van der Waals surface area contributed by atoms with E-state index in [0.717, 1.165) is 32.1 Å². The molecule has 0 aliphatic carbocycles. The van der Waals surface area contributed by atoms with Gasteiger partial charge in [-0.25, -0.2) is 0 Å². The third kappa shape index (κ3) is 50.8. The van der Waals surface area contributed by atoms with Crippen LogP contribution in [0.2, 0.25) is 0 Å². The van der Waals surface area contributed by atoms with Crippen molar-refractivity contribution in [3.63, 3.8) is 0 Å². The van der Waals surface area contributed by atoms with E-state index < -0.39 is 11.9 Å². The van der Waals surface area contributed by atoms with Crippen LogP contribution < -0.4 is 113 Å². The number of carbonyl (C=O) groups is 2. The molecule has 38 heavy (non-hydrogen) atoms. The number of carbonyl (C=O) groups excluding carboxylic acids is 2. The summed E-state index contributed by atoms with van der Waals surface area (Å²) in [6, 6.07) is 0. The fourth-order valence-electron chi connectivity index (χ4n) is 4.27. The number of unbranched alkanes of at least 4 members (excludes halogenated alkanes) is 21. The number of carboxylic acid groups (broad SMARTS) is 2. The first-order chi connectivity index (χ1) is 17.5. The fraction of sp³-hybridized carbons (Fsp3) is 0.875. The minimum atomic E-state index is -0.914. The summed E-state index contributed by atoms with van der Waals surface area (Å²) < 4.78 is 0. The maximum Gasteiger partial charge on any atom is 1.00 e. The van der Waals surface area contributed by atoms with Gasteiger partial charge in [-0.3, -0.25) is 0 Å². The summed E-state index contributed by atoms with van der Waals surface area (Å²) in [5.74, 6) is -1.82. The van der Waals surface area contributed by atoms with Gasteiger partial charge in [0.1, 0.15) is 0 Å². The monoisotopic (exact) mass is 586 g/mol. The quantitative estimate of drug-likeness (QED) is 0.0840. The zero-order valence-electron chi connectivity index (χ0n) is 26.2. The van der Waals surface area contributed by atoms with Crippen LogP contribution in [0.15, 0.2) is 12.2 Å². The van der Waals surface area contributed by atoms with E-state index in [1.165, 1.54) is 122 Å². The second-order valence-electron chi connectivity index (χ2n) is 10.4. The summed E-state index contributed by atoms with van der Waals surface area (Å²) in [5, 5.41) is 20.4. The largest absolute Gasteiger partial charge is 1.00 e. The van der Waals surface area contributed by atoms with Gasteiger partial charge in [-0.05, 0) is 51.4 Å². The second-order valence-corrected chi connectivity index (χ2v) is 10.4. The van der Waals surface area contributed by atoms with Crippen molar-refractivity contribution in [3.8, 4) is 0 Å². The number of carboxylic acids is 2. The smallest absolute Gasteiger partial charge is 0.550 e. The third-order valence-corrected chi connectivity index (χ3v) is 6.63. The standard InChI is InChI=1S/C18H34O2.C14H28O2.2K/c1-2-3-4-5-6-7-8-9-10-11-12-13-14-15-16-17-18(19)20;1-2-3-4-5-6-7-8-9-10-11-12-13-14(15)16;;/h9-10H,2-8,11-17H2,1H3,(H,19,20);2-13H2,1H3,(H,15,16);;/q;;2*+1/p-2/b10-9-;;;. The summed E-state index contributed by atoms with van der Waals surface area (Å²) in [6.45, 7) is 4.50. The second kappa shape index (κ2) is 43.4. The molecule has 0 saturated carbocycles. The summed E-state index contributed by atoms with van der Waals surface area (Å²) in [6.07, 6.45) is 34.9. The molecule has 0 fully saturated rings. The molecule has 0 N–H and O–H groups in total. The van der Waals surface area contributed by atoms with E-state index in [1.807, 2.05) is 0 Å². The van der Waals surface area contributed by atoms with Crippen LogP contribution in [0.4, 0.5) is 0 Å². The molecule has 0 rings (SSSR count). The van der Waals surface area contributed by atoms with Gasteiger partial charge >= 0.3 is 103 Å². The van der Waals surface area contributed by atoms with Gasteiger partial charge in [0.05, 0.1) is 0 Å². The fourth-order valence-corrected chi connectivity index (χ4v) is 4.27. The Kier molecular flexibility index (Phi) is 53.6. The molecular formula is C32H60K2O4. The van der Waals surface area contributed by atoms with Crippen LogP contribution in [0.1, 0.15) is 181 Å². The van der Waals surface area contributed by atoms with Gasteiger partial charge < -0.3 is 19.8 Å². The summed E-state index contributed by atoms with van der Waals surface area (Å²) in [7, 11) is 0. The van der Waals surface area contributed by atoms with Crippen LogP contribution in [0, 0.1) is 0 Å². The van der Waals surface area contributed by atoms with Crippen molar-refractivity contribution in [3.05, 3.63) is 12.2 Å². The number of hydrogen-bond donors (Lipinski definition) is 0. The molecule has 0 aromatic carbocycles. The Bertz CT molecular complexity index is 484. The zero-order valence-corrected chi connectivity index (χ0v) is 32.4. The van der Waals surface area contributed by atoms with Gasteiger partial charge in [-0.2, -0.15) is 0 Å². The average molecular weight is 587 g/mol. The predicted octanol–water partition coefficient (Wildman–Crippen LogP) is 2.22. The van der Waals surface area contributed by atoms with E-state index in [-0.39, 0.29) is 116 Å². The first-order valence-corrected chi connectivity index (χ1v) is 15.6. The Morgan fingerprint density at radius 3 is 0.921 bits per heavy atom. The number of aliphatic carboxylic acids is 2. The van der Waals surface area contributed by atoms with Crippen LogP contribution in [0.3, 0.4) is 0 Å². The third-order valence-electron chi connectivity index (χ3n) is 6.63. The van der Waals surface area contributed by atoms with E-state index in [9.17, 15) is 19.8 Å². The van der Waals surface area contributed by atoms with Crippen molar-refractivity contribution in [1.29, 1.82) is 0 Å². The maximum atomic E-state index is 10.2. The van der Waals surface area contributed by atoms with Crippen LogP contribution in [-0.4, -0.2) is 11.9 Å². The Labute approximate surface area is 322 Å². The van der Waals surface area contributed by atoms with E-state index >= 15 is 0 Å². The van der Waals surface area contributed by atoms with Crippen molar-refractivity contribution >= 4 is 11.9 Å². The number of rotatable bonds is 27. The van der Waals surface area contributed by atoms with Gasteiger partial charge in [-0.1, -0.05) is 142 Å². The molecule has 0 atom stereocenters. The molecule has 0 radical (unpaired) electrons. The summed E-state index contributed by atoms with van der Waals surface area (Å²) in [4.78, 5) is 20.4. The molecule has 4 nitrogen and oxygen atoms in total. The molecule has 6 heteroatoms. The van der Waals surface area contributed by atoms with E-state index in [2.05, 4.69) is 26.0 Å². The first kappa shape index (κ1) is 46.9. The van der Waals surface area contributed by atoms with Gasteiger partial charge in [0.2, 0.25) is 0 Å². The van der Waals surface area contributed by atoms with E-state index in [0.29, 0.717) is 0 Å². The number of allylic oxidation sites excluding steroid dienone is 2. The average Bonchev–Trinajstić information content (AvgIpc) is 2.85. The Morgan fingerprint density at radius 1 is 0.421 bits per heavy atom. The maximum absolute atomic E-state index is 10.2. The van der Waals surface area contributed by atoms with Crippen molar-refractivity contribution < 1.29 is 123 Å². The van der Waals surface area contributed by atoms with Crippen molar-refractivity contribution in [2.24, 2.45) is 0 Å². The molecule has 0 amide bonds. The minimum absolute atomic E-state index is 0. The van der Waals surface area contributed by atoms with E-state index in [4.69, 9.17) is 0 Å². The molecule has 0 aliphatic heterocycles. The Hall–Kier alpha value is 1.95. The zero-order chi connectivity index (χ0) is 27.0. The first-order valence-electron chi connectivity index (χ1n) is 15.6. The topological polar surface area (TPSA) is 80.3 Å². The number of hydrogen-bond acceptors (Lipinski definition) is 4. The van der Waals surface area contributed by atoms with Gasteiger partial charge in [-0.15, -0.1) is 0 Å². The Morgan fingerprint density at radius 2 is 0.658 bits per heavy atom. The predicted molar refractivity (Wildman–Crippen MR) is 151 cm³/mol. The van der Waals surface area contributed by atoms with Gasteiger partial charge in [0, 0.05) is 11.9 Å². The normalized spacial score (nSPS) is 10.4. The minimum Gasteiger partial charge on any atom is -0.550 e. The molecule has 214 valence electrons. The van der Waals surface area contributed by atoms with Crippen LogP contribution in [-0.2, 0) is 9.59 Å². The van der Waals surface area contributed by atoms with Crippen molar-refractivity contribution in [2.45, 2.75) is 181 Å². The molecular weight excluding hydrogens is 527 g/mol. The molecule has 0 saturated heterocycles. The summed E-state index contributed by atoms with van der Waals surface area (Å²) >= 11 is 0. The summed E-state index contributed by atoms with van der Waals surface area (Å²) in [5.41, 5.74) is 0. The molecule has 0 bridgehead atoms. The molecule has 0 heterocycles. The van der Waals surface area contributed by atoms with E-state index in [1.54, 1.807) is 0 Å². The van der Waals surface area contributed by atoms with Crippen LogP contribution in [0.25, 0.3) is 0 Å². The van der Waals surface area contributed by atoms with Crippen molar-refractivity contribution in [2.75, 3.05) is 0 Å². The van der Waals surface area contributed by atoms with Crippen LogP contribution in [0.5, 0.6) is 0 Å². The molecule has 0 aromatic rings. The Balaban J connectivity index is -0.000000295. The molecule has 0 aromatic heterocycles. The van der Waals surface area contributed by atoms with Crippen molar-refractivity contribution in [1.82, 2.24) is 0 Å².